The monoisotopic (exact) mass is 492 g/mol. The topological polar surface area (TPSA) is 50.8 Å². The summed E-state index contributed by atoms with van der Waals surface area (Å²) in [5.74, 6) is 1.26. The molecule has 2 unspecified atom stereocenters. The number of fused-ring (bicyclic) bond motifs is 1. The number of amides is 1. The first-order chi connectivity index (χ1) is 16.9. The third-order valence-electron chi connectivity index (χ3n) is 6.79. The quantitative estimate of drug-likeness (QED) is 0.420. The molecule has 1 aliphatic rings. The molecule has 0 bridgehead atoms. The second kappa shape index (κ2) is 11.1. The minimum absolute atomic E-state index is 0.0312. The van der Waals surface area contributed by atoms with E-state index in [1.807, 2.05) is 12.1 Å². The molecule has 3 aromatic rings. The Morgan fingerprint density at radius 1 is 1.09 bits per heavy atom. The summed E-state index contributed by atoms with van der Waals surface area (Å²) in [6.07, 6.45) is 1.66. The van der Waals surface area contributed by atoms with E-state index in [0.717, 1.165) is 37.2 Å². The smallest absolute Gasteiger partial charge is 0.253 e. The molecule has 1 N–H and O–H groups in total. The van der Waals surface area contributed by atoms with Gasteiger partial charge < -0.3 is 14.8 Å². The number of ether oxygens (including phenoxy) is 2. The molecule has 0 spiro atoms. The lowest BCUT2D eigenvalue weighted by atomic mass is 9.86. The Hall–Kier alpha value is -3.02. The lowest BCUT2D eigenvalue weighted by Gasteiger charge is -2.42. The molecule has 0 radical (unpaired) electrons. The number of halogens is 1. The second-order valence-corrected chi connectivity index (χ2v) is 9.43. The van der Waals surface area contributed by atoms with Gasteiger partial charge >= 0.3 is 0 Å². The van der Waals surface area contributed by atoms with E-state index in [2.05, 4.69) is 60.5 Å². The molecule has 1 aliphatic heterocycles. The van der Waals surface area contributed by atoms with Crippen LogP contribution in [-0.4, -0.2) is 37.6 Å². The summed E-state index contributed by atoms with van der Waals surface area (Å²) >= 11 is 6.33. The SMILES string of the molecule is CCC(NC(=O)c1ccccc1Cl)C1c2cc(OC)c(OC)cc2CCN1Cc1ccc(C)cc1. The zero-order valence-corrected chi connectivity index (χ0v) is 21.6. The van der Waals surface area contributed by atoms with Crippen molar-refractivity contribution in [2.24, 2.45) is 0 Å². The molecule has 3 aromatic carbocycles. The zero-order chi connectivity index (χ0) is 24.9. The summed E-state index contributed by atoms with van der Waals surface area (Å²) < 4.78 is 11.2. The van der Waals surface area contributed by atoms with E-state index in [4.69, 9.17) is 21.1 Å². The Morgan fingerprint density at radius 2 is 1.77 bits per heavy atom. The summed E-state index contributed by atoms with van der Waals surface area (Å²) in [6.45, 7) is 5.87. The summed E-state index contributed by atoms with van der Waals surface area (Å²) in [5, 5.41) is 3.74. The molecule has 184 valence electrons. The Labute approximate surface area is 213 Å². The molecule has 1 heterocycles. The van der Waals surface area contributed by atoms with E-state index in [1.165, 1.54) is 16.7 Å². The fourth-order valence-electron chi connectivity index (χ4n) is 4.90. The molecule has 0 aliphatic carbocycles. The third kappa shape index (κ3) is 5.47. The zero-order valence-electron chi connectivity index (χ0n) is 20.8. The molecule has 0 aromatic heterocycles. The first-order valence-electron chi connectivity index (χ1n) is 12.0. The molecular weight excluding hydrogens is 460 g/mol. The first-order valence-corrected chi connectivity index (χ1v) is 12.4. The second-order valence-electron chi connectivity index (χ2n) is 9.02. The van der Waals surface area contributed by atoms with E-state index in [9.17, 15) is 4.79 Å². The van der Waals surface area contributed by atoms with Crippen LogP contribution >= 0.6 is 11.6 Å². The van der Waals surface area contributed by atoms with Crippen LogP contribution in [0.15, 0.2) is 60.7 Å². The van der Waals surface area contributed by atoms with Gasteiger partial charge in [-0.05, 0) is 60.7 Å². The van der Waals surface area contributed by atoms with Crippen LogP contribution in [0.2, 0.25) is 5.02 Å². The maximum Gasteiger partial charge on any atom is 0.253 e. The number of rotatable bonds is 8. The van der Waals surface area contributed by atoms with Gasteiger partial charge in [0.25, 0.3) is 5.91 Å². The number of nitrogens with one attached hydrogen (secondary N) is 1. The van der Waals surface area contributed by atoms with Crippen molar-refractivity contribution in [3.05, 3.63) is 93.5 Å². The van der Waals surface area contributed by atoms with E-state index in [1.54, 1.807) is 26.4 Å². The highest BCUT2D eigenvalue weighted by Crippen LogP contribution is 2.40. The van der Waals surface area contributed by atoms with Gasteiger partial charge in [-0.2, -0.15) is 0 Å². The van der Waals surface area contributed by atoms with Gasteiger partial charge in [0.2, 0.25) is 0 Å². The van der Waals surface area contributed by atoms with Crippen molar-refractivity contribution >= 4 is 17.5 Å². The number of carbonyl (C=O) groups excluding carboxylic acids is 1. The predicted octanol–water partition coefficient (Wildman–Crippen LogP) is 5.97. The molecule has 4 rings (SSSR count). The van der Waals surface area contributed by atoms with Crippen molar-refractivity contribution in [3.63, 3.8) is 0 Å². The van der Waals surface area contributed by atoms with Crippen LogP contribution in [0.1, 0.15) is 52.0 Å². The van der Waals surface area contributed by atoms with Crippen molar-refractivity contribution in [3.8, 4) is 11.5 Å². The minimum atomic E-state index is -0.162. The Kier molecular flexibility index (Phi) is 7.99. The summed E-state index contributed by atoms with van der Waals surface area (Å²) in [7, 11) is 3.32. The van der Waals surface area contributed by atoms with Gasteiger partial charge in [0, 0.05) is 19.1 Å². The average molecular weight is 493 g/mol. The van der Waals surface area contributed by atoms with Crippen molar-refractivity contribution in [2.45, 2.75) is 45.3 Å². The number of benzene rings is 3. The van der Waals surface area contributed by atoms with Gasteiger partial charge in [-0.3, -0.25) is 9.69 Å². The molecule has 0 fully saturated rings. The molecule has 6 heteroatoms. The summed E-state index contributed by atoms with van der Waals surface area (Å²) in [5.41, 5.74) is 5.35. The first kappa shape index (κ1) is 25.1. The van der Waals surface area contributed by atoms with E-state index in [0.29, 0.717) is 16.3 Å². The normalized spacial score (nSPS) is 16.3. The van der Waals surface area contributed by atoms with Crippen LogP contribution < -0.4 is 14.8 Å². The van der Waals surface area contributed by atoms with Crippen molar-refractivity contribution < 1.29 is 14.3 Å². The number of hydrogen-bond acceptors (Lipinski definition) is 4. The number of carbonyl (C=O) groups is 1. The van der Waals surface area contributed by atoms with E-state index >= 15 is 0 Å². The molecule has 0 saturated heterocycles. The predicted molar refractivity (Wildman–Crippen MR) is 141 cm³/mol. The van der Waals surface area contributed by atoms with Crippen LogP contribution in [0.3, 0.4) is 0 Å². The van der Waals surface area contributed by atoms with Crippen molar-refractivity contribution in [2.75, 3.05) is 20.8 Å². The van der Waals surface area contributed by atoms with Crippen molar-refractivity contribution in [1.29, 1.82) is 0 Å². The number of hydrogen-bond donors (Lipinski definition) is 1. The lowest BCUT2D eigenvalue weighted by molar-refractivity contribution is 0.0859. The molecule has 1 amide bonds. The summed E-state index contributed by atoms with van der Waals surface area (Å²) in [4.78, 5) is 15.7. The van der Waals surface area contributed by atoms with Crippen LogP contribution in [0.5, 0.6) is 11.5 Å². The minimum Gasteiger partial charge on any atom is -0.493 e. The molecule has 5 nitrogen and oxygen atoms in total. The molecule has 2 atom stereocenters. The van der Waals surface area contributed by atoms with Gasteiger partial charge in [0.15, 0.2) is 11.5 Å². The molecule has 0 saturated carbocycles. The van der Waals surface area contributed by atoms with Gasteiger partial charge in [0.05, 0.1) is 30.8 Å². The number of nitrogens with zero attached hydrogens (tertiary/aromatic N) is 1. The van der Waals surface area contributed by atoms with Gasteiger partial charge in [-0.15, -0.1) is 0 Å². The Morgan fingerprint density at radius 3 is 2.43 bits per heavy atom. The lowest BCUT2D eigenvalue weighted by Crippen LogP contribution is -2.48. The Balaban J connectivity index is 1.73. The van der Waals surface area contributed by atoms with Crippen LogP contribution in [0, 0.1) is 6.92 Å². The van der Waals surface area contributed by atoms with Crippen molar-refractivity contribution in [1.82, 2.24) is 10.2 Å². The molecular formula is C29H33ClN2O3. The number of methoxy groups -OCH3 is 2. The average Bonchev–Trinajstić information content (AvgIpc) is 2.88. The fourth-order valence-corrected chi connectivity index (χ4v) is 5.12. The fraction of sp³-hybridized carbons (Fsp3) is 0.345. The van der Waals surface area contributed by atoms with E-state index in [-0.39, 0.29) is 18.0 Å². The highest BCUT2D eigenvalue weighted by atomic mass is 35.5. The highest BCUT2D eigenvalue weighted by Gasteiger charge is 2.35. The van der Waals surface area contributed by atoms with Gasteiger partial charge in [0.1, 0.15) is 0 Å². The maximum atomic E-state index is 13.3. The maximum absolute atomic E-state index is 13.3. The van der Waals surface area contributed by atoms with E-state index < -0.39 is 0 Å². The highest BCUT2D eigenvalue weighted by molar-refractivity contribution is 6.33. The number of aryl methyl sites for hydroxylation is 1. The largest absolute Gasteiger partial charge is 0.493 e. The van der Waals surface area contributed by atoms with Gasteiger partial charge in [-0.1, -0.05) is 60.5 Å². The van der Waals surface area contributed by atoms with Gasteiger partial charge in [-0.25, -0.2) is 0 Å². The van der Waals surface area contributed by atoms with Crippen LogP contribution in [0.25, 0.3) is 0 Å². The van der Waals surface area contributed by atoms with Crippen LogP contribution in [0.4, 0.5) is 0 Å². The standard InChI is InChI=1S/C29H33ClN2O3/c1-5-25(31-29(33)22-8-6-7-9-24(22)30)28-23-17-27(35-4)26(34-3)16-21(23)14-15-32(28)18-20-12-10-19(2)11-13-20/h6-13,16-17,25,28H,5,14-15,18H2,1-4H3,(H,31,33). The molecule has 35 heavy (non-hydrogen) atoms. The summed E-state index contributed by atoms with van der Waals surface area (Å²) in [6, 6.07) is 19.8. The Bertz CT molecular complexity index is 1180. The third-order valence-corrected chi connectivity index (χ3v) is 7.12. The van der Waals surface area contributed by atoms with Crippen LogP contribution in [-0.2, 0) is 13.0 Å².